The van der Waals surface area contributed by atoms with Gasteiger partial charge in [0.15, 0.2) is 0 Å². The van der Waals surface area contributed by atoms with E-state index >= 15 is 0 Å². The first kappa shape index (κ1) is 14.1. The molecular weight excluding hydrogens is 256 g/mol. The van der Waals surface area contributed by atoms with Gasteiger partial charge in [0, 0.05) is 11.3 Å². The molecule has 19 heavy (non-hydrogen) atoms. The van der Waals surface area contributed by atoms with E-state index in [-0.39, 0.29) is 5.91 Å². The number of hydrogen-bond donors (Lipinski definition) is 1. The number of rotatable bonds is 4. The Labute approximate surface area is 118 Å². The molecule has 4 heteroatoms. The molecular formula is C15H20N2OS. The maximum absolute atomic E-state index is 11.8. The Morgan fingerprint density at radius 3 is 2.89 bits per heavy atom. The highest BCUT2D eigenvalue weighted by atomic mass is 32.1. The van der Waals surface area contributed by atoms with Crippen LogP contribution in [0, 0.1) is 11.3 Å². The molecule has 0 fully saturated rings. The third kappa shape index (κ3) is 3.36. The smallest absolute Gasteiger partial charge is 0.225 e. The molecule has 0 radical (unpaired) electrons. The predicted octanol–water partition coefficient (Wildman–Crippen LogP) is 4.02. The maximum atomic E-state index is 11.8. The van der Waals surface area contributed by atoms with Crippen molar-refractivity contribution in [2.75, 3.05) is 5.32 Å². The second-order valence-corrected chi connectivity index (χ2v) is 6.14. The number of thiophene rings is 1. The summed E-state index contributed by atoms with van der Waals surface area (Å²) in [6.45, 7) is 2.07. The second kappa shape index (κ2) is 6.72. The maximum Gasteiger partial charge on any atom is 0.225 e. The first-order chi connectivity index (χ1) is 9.26. The Bertz CT molecular complexity index is 499. The molecule has 0 aliphatic heterocycles. The van der Waals surface area contributed by atoms with Gasteiger partial charge in [0.25, 0.3) is 0 Å². The third-order valence-electron chi connectivity index (χ3n) is 3.54. The Morgan fingerprint density at radius 2 is 2.16 bits per heavy atom. The van der Waals surface area contributed by atoms with Crippen molar-refractivity contribution >= 4 is 22.2 Å². The van der Waals surface area contributed by atoms with Gasteiger partial charge in [-0.15, -0.1) is 11.3 Å². The van der Waals surface area contributed by atoms with E-state index in [9.17, 15) is 10.1 Å². The number of unbranched alkanes of at least 4 members (excludes halogenated alkanes) is 1. The molecule has 0 atom stereocenters. The zero-order valence-corrected chi connectivity index (χ0v) is 12.2. The number of aryl methyl sites for hydroxylation is 1. The minimum absolute atomic E-state index is 0.0368. The molecule has 2 rings (SSSR count). The van der Waals surface area contributed by atoms with Gasteiger partial charge in [-0.3, -0.25) is 4.79 Å². The summed E-state index contributed by atoms with van der Waals surface area (Å²) in [6, 6.07) is 2.29. The Morgan fingerprint density at radius 1 is 1.37 bits per heavy atom. The molecule has 3 nitrogen and oxygen atoms in total. The minimum atomic E-state index is 0.0368. The molecule has 0 aromatic carbocycles. The summed E-state index contributed by atoms with van der Waals surface area (Å²) in [6.07, 6.45) is 8.09. The number of hydrogen-bond acceptors (Lipinski definition) is 3. The number of amides is 1. The van der Waals surface area contributed by atoms with Crippen LogP contribution in [0.25, 0.3) is 0 Å². The number of carbonyl (C=O) groups excluding carboxylic acids is 1. The molecule has 1 amide bonds. The van der Waals surface area contributed by atoms with E-state index < -0.39 is 0 Å². The van der Waals surface area contributed by atoms with Crippen LogP contribution in [0.1, 0.15) is 61.5 Å². The summed E-state index contributed by atoms with van der Waals surface area (Å²) in [4.78, 5) is 13.1. The average molecular weight is 276 g/mol. The molecule has 1 aromatic rings. The molecule has 1 N–H and O–H groups in total. The zero-order valence-electron chi connectivity index (χ0n) is 11.4. The SMILES string of the molecule is CCCCC(=O)Nc1sc2c(c1C#N)CCCCC2. The first-order valence-corrected chi connectivity index (χ1v) is 7.92. The summed E-state index contributed by atoms with van der Waals surface area (Å²) in [5.41, 5.74) is 1.91. The van der Waals surface area contributed by atoms with Gasteiger partial charge in [-0.25, -0.2) is 0 Å². The van der Waals surface area contributed by atoms with Crippen molar-refractivity contribution < 1.29 is 4.79 Å². The van der Waals surface area contributed by atoms with E-state index in [1.807, 2.05) is 0 Å². The van der Waals surface area contributed by atoms with Crippen molar-refractivity contribution in [3.63, 3.8) is 0 Å². The largest absolute Gasteiger partial charge is 0.317 e. The van der Waals surface area contributed by atoms with E-state index in [0.29, 0.717) is 12.0 Å². The first-order valence-electron chi connectivity index (χ1n) is 7.10. The molecule has 0 bridgehead atoms. The van der Waals surface area contributed by atoms with Crippen molar-refractivity contribution in [3.05, 3.63) is 16.0 Å². The number of anilines is 1. The van der Waals surface area contributed by atoms with Crippen LogP contribution in [-0.4, -0.2) is 5.91 Å². The van der Waals surface area contributed by atoms with Gasteiger partial charge in [-0.1, -0.05) is 19.8 Å². The highest BCUT2D eigenvalue weighted by molar-refractivity contribution is 7.16. The fourth-order valence-electron chi connectivity index (χ4n) is 2.48. The summed E-state index contributed by atoms with van der Waals surface area (Å²) in [7, 11) is 0. The van der Waals surface area contributed by atoms with Gasteiger partial charge in [-0.2, -0.15) is 5.26 Å². The lowest BCUT2D eigenvalue weighted by molar-refractivity contribution is -0.116. The van der Waals surface area contributed by atoms with Gasteiger partial charge in [0.1, 0.15) is 11.1 Å². The number of nitriles is 1. The quantitative estimate of drug-likeness (QED) is 0.844. The minimum Gasteiger partial charge on any atom is -0.317 e. The van der Waals surface area contributed by atoms with Crippen LogP contribution in [0.4, 0.5) is 5.00 Å². The number of nitrogens with zero attached hydrogens (tertiary/aromatic N) is 1. The van der Waals surface area contributed by atoms with Crippen molar-refractivity contribution in [2.45, 2.75) is 58.3 Å². The van der Waals surface area contributed by atoms with E-state index in [4.69, 9.17) is 0 Å². The Hall–Kier alpha value is -1.34. The van der Waals surface area contributed by atoms with Crippen LogP contribution < -0.4 is 5.32 Å². The molecule has 0 spiro atoms. The predicted molar refractivity (Wildman–Crippen MR) is 78.4 cm³/mol. The van der Waals surface area contributed by atoms with E-state index in [2.05, 4.69) is 18.3 Å². The van der Waals surface area contributed by atoms with Crippen molar-refractivity contribution in [1.29, 1.82) is 5.26 Å². The molecule has 102 valence electrons. The molecule has 1 aromatic heterocycles. The van der Waals surface area contributed by atoms with Crippen LogP contribution in [0.2, 0.25) is 0 Å². The molecule has 0 saturated heterocycles. The number of fused-ring (bicyclic) bond motifs is 1. The lowest BCUT2D eigenvalue weighted by Crippen LogP contribution is -2.10. The Kier molecular flexibility index (Phi) is 4.98. The molecule has 1 aliphatic rings. The van der Waals surface area contributed by atoms with E-state index in [0.717, 1.165) is 37.1 Å². The lowest BCUT2D eigenvalue weighted by atomic mass is 10.1. The second-order valence-electron chi connectivity index (χ2n) is 5.03. The molecule has 0 unspecified atom stereocenters. The fourth-order valence-corrected chi connectivity index (χ4v) is 3.73. The zero-order chi connectivity index (χ0) is 13.7. The standard InChI is InChI=1S/C15H20N2OS/c1-2-3-9-14(18)17-15-12(10-16)11-7-5-4-6-8-13(11)19-15/h2-9H2,1H3,(H,17,18). The van der Waals surface area contributed by atoms with Crippen LogP contribution in [0.15, 0.2) is 0 Å². The highest BCUT2D eigenvalue weighted by Crippen LogP contribution is 2.37. The van der Waals surface area contributed by atoms with Gasteiger partial charge >= 0.3 is 0 Å². The Balaban J connectivity index is 2.17. The monoisotopic (exact) mass is 276 g/mol. The van der Waals surface area contributed by atoms with Crippen LogP contribution in [0.5, 0.6) is 0 Å². The topological polar surface area (TPSA) is 52.9 Å². The van der Waals surface area contributed by atoms with E-state index in [1.165, 1.54) is 23.3 Å². The van der Waals surface area contributed by atoms with Crippen molar-refractivity contribution in [1.82, 2.24) is 0 Å². The van der Waals surface area contributed by atoms with Crippen LogP contribution in [0.3, 0.4) is 0 Å². The fraction of sp³-hybridized carbons (Fsp3) is 0.600. The molecule has 1 aliphatic carbocycles. The van der Waals surface area contributed by atoms with Gasteiger partial charge < -0.3 is 5.32 Å². The highest BCUT2D eigenvalue weighted by Gasteiger charge is 2.20. The van der Waals surface area contributed by atoms with Gasteiger partial charge in [-0.05, 0) is 37.7 Å². The summed E-state index contributed by atoms with van der Waals surface area (Å²) < 4.78 is 0. The van der Waals surface area contributed by atoms with Crippen LogP contribution in [-0.2, 0) is 17.6 Å². The number of carbonyl (C=O) groups is 1. The average Bonchev–Trinajstić information content (AvgIpc) is 2.58. The van der Waals surface area contributed by atoms with Crippen molar-refractivity contribution in [2.24, 2.45) is 0 Å². The number of nitrogens with one attached hydrogen (secondary N) is 1. The summed E-state index contributed by atoms with van der Waals surface area (Å²) in [5.74, 6) is 0.0368. The lowest BCUT2D eigenvalue weighted by Gasteiger charge is -2.03. The van der Waals surface area contributed by atoms with Gasteiger partial charge in [0.2, 0.25) is 5.91 Å². The van der Waals surface area contributed by atoms with Gasteiger partial charge in [0.05, 0.1) is 5.56 Å². The normalized spacial score (nSPS) is 14.3. The van der Waals surface area contributed by atoms with Crippen LogP contribution >= 0.6 is 11.3 Å². The summed E-state index contributed by atoms with van der Waals surface area (Å²) in [5, 5.41) is 13.1. The molecule has 1 heterocycles. The van der Waals surface area contributed by atoms with E-state index in [1.54, 1.807) is 11.3 Å². The molecule has 0 saturated carbocycles. The third-order valence-corrected chi connectivity index (χ3v) is 4.75. The van der Waals surface area contributed by atoms with Crippen molar-refractivity contribution in [3.8, 4) is 6.07 Å². The summed E-state index contributed by atoms with van der Waals surface area (Å²) >= 11 is 1.61.